The van der Waals surface area contributed by atoms with Crippen LogP contribution in [-0.2, 0) is 0 Å². The van der Waals surface area contributed by atoms with E-state index < -0.39 is 0 Å². The number of hydrogen-bond acceptors (Lipinski definition) is 3. The van der Waals surface area contributed by atoms with Gasteiger partial charge in [0.2, 0.25) is 0 Å². The van der Waals surface area contributed by atoms with Gasteiger partial charge in [0.05, 0.1) is 0 Å². The van der Waals surface area contributed by atoms with Crippen LogP contribution in [0.1, 0.15) is 0 Å². The van der Waals surface area contributed by atoms with Crippen LogP contribution in [0.2, 0.25) is 0 Å². The molecular formula is CH2N5. The van der Waals surface area contributed by atoms with Crippen LogP contribution in [0.4, 0.5) is 0 Å². The Balaban J connectivity index is 3.05. The summed E-state index contributed by atoms with van der Waals surface area (Å²) in [4.78, 5) is 0.639. The highest BCUT2D eigenvalue weighted by molar-refractivity contribution is 4.29. The molecule has 5 nitrogen and oxygen atoms in total. The zero-order chi connectivity index (χ0) is 4.41. The summed E-state index contributed by atoms with van der Waals surface area (Å²) in [5.41, 5.74) is 0. The van der Waals surface area contributed by atoms with E-state index in [-0.39, 0.29) is 0 Å². The van der Waals surface area contributed by atoms with Crippen molar-refractivity contribution in [2.45, 2.75) is 0 Å². The molecule has 0 aliphatic heterocycles. The number of nitrogens with one attached hydrogen (secondary N) is 1. The lowest BCUT2D eigenvalue weighted by atomic mass is 11.4. The SMILES string of the molecule is [NH]n1ncnn1. The molecule has 0 aliphatic carbocycles. The minimum atomic E-state index is 0.639. The fraction of sp³-hybridized carbons (Fsp3) is 0. The van der Waals surface area contributed by atoms with E-state index in [0.29, 0.717) is 4.91 Å². The van der Waals surface area contributed by atoms with Crippen LogP contribution < -0.4 is 5.84 Å². The molecule has 1 heterocycles. The molecule has 1 N–H and O–H groups in total. The molecular weight excluding hydrogens is 82.0 g/mol. The van der Waals surface area contributed by atoms with E-state index in [4.69, 9.17) is 5.84 Å². The topological polar surface area (TPSA) is 67.4 Å². The maximum atomic E-state index is 6.51. The van der Waals surface area contributed by atoms with Crippen molar-refractivity contribution >= 4 is 0 Å². The Morgan fingerprint density at radius 3 is 2.67 bits per heavy atom. The highest BCUT2D eigenvalue weighted by Gasteiger charge is 1.74. The number of nitrogens with zero attached hydrogens (tertiary/aromatic N) is 4. The van der Waals surface area contributed by atoms with Gasteiger partial charge in [0, 0.05) is 0 Å². The van der Waals surface area contributed by atoms with Crippen molar-refractivity contribution in [3.8, 4) is 0 Å². The number of aromatic nitrogens is 4. The molecule has 0 bridgehead atoms. The van der Waals surface area contributed by atoms with E-state index in [1.165, 1.54) is 6.33 Å². The lowest BCUT2D eigenvalue weighted by Gasteiger charge is -1.69. The number of hydrogen-bond donors (Lipinski definition) is 0. The molecule has 0 aromatic carbocycles. The van der Waals surface area contributed by atoms with Gasteiger partial charge in [-0.05, 0) is 10.1 Å². The van der Waals surface area contributed by atoms with Crippen molar-refractivity contribution < 1.29 is 0 Å². The van der Waals surface area contributed by atoms with E-state index in [1.54, 1.807) is 0 Å². The third-order valence-electron chi connectivity index (χ3n) is 0.349. The average molecular weight is 84.1 g/mol. The van der Waals surface area contributed by atoms with Gasteiger partial charge in [0.1, 0.15) is 0 Å². The van der Waals surface area contributed by atoms with Crippen molar-refractivity contribution in [1.82, 2.24) is 26.2 Å². The van der Waals surface area contributed by atoms with Crippen molar-refractivity contribution in [3.63, 3.8) is 0 Å². The molecule has 6 heavy (non-hydrogen) atoms. The highest BCUT2D eigenvalue weighted by atomic mass is 15.7. The van der Waals surface area contributed by atoms with Gasteiger partial charge in [-0.3, -0.25) is 0 Å². The maximum absolute atomic E-state index is 6.51. The van der Waals surface area contributed by atoms with E-state index in [0.717, 1.165) is 0 Å². The molecule has 5 heteroatoms. The van der Waals surface area contributed by atoms with Gasteiger partial charge in [-0.2, -0.15) is 5.84 Å². The Hall–Kier alpha value is -1.13. The van der Waals surface area contributed by atoms with Gasteiger partial charge in [-0.1, -0.05) is 0 Å². The van der Waals surface area contributed by atoms with Crippen LogP contribution in [0.15, 0.2) is 6.33 Å². The summed E-state index contributed by atoms with van der Waals surface area (Å²) in [6, 6.07) is 0. The standard InChI is InChI=1S/CH2N5/c2-6-4-1-3-5-6/h1-2H. The summed E-state index contributed by atoms with van der Waals surface area (Å²) in [7, 11) is 0. The first-order valence-corrected chi connectivity index (χ1v) is 1.34. The average Bonchev–Trinajstić information content (AvgIpc) is 1.86. The molecule has 1 aromatic heterocycles. The van der Waals surface area contributed by atoms with E-state index in [2.05, 4.69) is 15.4 Å². The molecule has 0 aliphatic rings. The fourth-order valence-electron chi connectivity index (χ4n) is 0.167. The van der Waals surface area contributed by atoms with Crippen molar-refractivity contribution in [2.24, 2.45) is 0 Å². The second-order valence-electron chi connectivity index (χ2n) is 0.725. The van der Waals surface area contributed by atoms with Crippen LogP contribution in [0.3, 0.4) is 0 Å². The Morgan fingerprint density at radius 1 is 1.67 bits per heavy atom. The van der Waals surface area contributed by atoms with Gasteiger partial charge in [0.25, 0.3) is 0 Å². The summed E-state index contributed by atoms with van der Waals surface area (Å²) < 4.78 is 0. The molecule has 31 valence electrons. The smallest absolute Gasteiger partial charge is 0.164 e. The van der Waals surface area contributed by atoms with Crippen molar-refractivity contribution in [1.29, 1.82) is 0 Å². The lowest BCUT2D eigenvalue weighted by Crippen LogP contribution is -1.96. The predicted molar refractivity (Wildman–Crippen MR) is 16.3 cm³/mol. The quantitative estimate of drug-likeness (QED) is 0.393. The van der Waals surface area contributed by atoms with Crippen molar-refractivity contribution in [2.75, 3.05) is 0 Å². The molecule has 0 atom stereocenters. The van der Waals surface area contributed by atoms with Gasteiger partial charge < -0.3 is 0 Å². The minimum absolute atomic E-state index is 0.639. The van der Waals surface area contributed by atoms with Gasteiger partial charge in [-0.15, -0.1) is 10.2 Å². The molecule has 0 amide bonds. The Morgan fingerprint density at radius 2 is 2.50 bits per heavy atom. The largest absolute Gasteiger partial charge is 0.184 e. The van der Waals surface area contributed by atoms with Crippen LogP contribution in [0, 0.1) is 0 Å². The molecule has 0 saturated carbocycles. The zero-order valence-corrected chi connectivity index (χ0v) is 2.87. The first-order chi connectivity index (χ1) is 2.89. The summed E-state index contributed by atoms with van der Waals surface area (Å²) >= 11 is 0. The number of rotatable bonds is 0. The molecule has 1 aromatic rings. The summed E-state index contributed by atoms with van der Waals surface area (Å²) in [6.07, 6.45) is 1.20. The monoisotopic (exact) mass is 84.0 g/mol. The maximum Gasteiger partial charge on any atom is 0.164 e. The van der Waals surface area contributed by atoms with Crippen LogP contribution in [-0.4, -0.2) is 20.3 Å². The Kier molecular flexibility index (Phi) is 0.474. The molecule has 1 radical (unpaired) electrons. The molecule has 0 spiro atoms. The number of tetrazole rings is 1. The first-order valence-electron chi connectivity index (χ1n) is 1.34. The second-order valence-corrected chi connectivity index (χ2v) is 0.725. The van der Waals surface area contributed by atoms with E-state index >= 15 is 0 Å². The lowest BCUT2D eigenvalue weighted by molar-refractivity contribution is 0.584. The van der Waals surface area contributed by atoms with Gasteiger partial charge >= 0.3 is 0 Å². The Labute approximate surface area is 33.7 Å². The molecule has 1 rings (SSSR count). The second kappa shape index (κ2) is 0.925. The molecule has 0 saturated heterocycles. The Bertz CT molecular complexity index is 107. The first kappa shape index (κ1) is 3.08. The predicted octanol–water partition coefficient (Wildman–Crippen LogP) is -1.28. The normalized spacial score (nSPS) is 8.67. The molecule has 0 unspecified atom stereocenters. The highest BCUT2D eigenvalue weighted by Crippen LogP contribution is 1.53. The fourth-order valence-corrected chi connectivity index (χ4v) is 0.167. The summed E-state index contributed by atoms with van der Waals surface area (Å²) in [5.74, 6) is 6.51. The third-order valence-corrected chi connectivity index (χ3v) is 0.349. The zero-order valence-electron chi connectivity index (χ0n) is 2.87. The third kappa shape index (κ3) is 0.291. The molecule has 0 fully saturated rings. The summed E-state index contributed by atoms with van der Waals surface area (Å²) in [6.45, 7) is 0. The van der Waals surface area contributed by atoms with Gasteiger partial charge in [-0.25, -0.2) is 0 Å². The van der Waals surface area contributed by atoms with Crippen LogP contribution in [0.5, 0.6) is 0 Å². The van der Waals surface area contributed by atoms with E-state index in [9.17, 15) is 0 Å². The van der Waals surface area contributed by atoms with Crippen molar-refractivity contribution in [3.05, 3.63) is 6.33 Å². The van der Waals surface area contributed by atoms with E-state index in [1.807, 2.05) is 0 Å². The van der Waals surface area contributed by atoms with Crippen LogP contribution in [0.25, 0.3) is 0 Å². The minimum Gasteiger partial charge on any atom is -0.184 e. The van der Waals surface area contributed by atoms with Crippen LogP contribution >= 0.6 is 0 Å². The van der Waals surface area contributed by atoms with Gasteiger partial charge in [0.15, 0.2) is 6.33 Å². The summed E-state index contributed by atoms with van der Waals surface area (Å²) in [5, 5.41) is 9.65.